The van der Waals surface area contributed by atoms with Crippen LogP contribution < -0.4 is 26.1 Å². The highest BCUT2D eigenvalue weighted by molar-refractivity contribution is 6.05. The first-order valence-corrected chi connectivity index (χ1v) is 15.1. The van der Waals surface area contributed by atoms with E-state index in [4.69, 9.17) is 15.2 Å². The molecule has 12 heteroatoms. The van der Waals surface area contributed by atoms with Gasteiger partial charge in [0.25, 0.3) is 11.5 Å². The number of hydrogen-bond donors (Lipinski definition) is 3. The second-order valence-corrected chi connectivity index (χ2v) is 11.6. The molecule has 11 nitrogen and oxygen atoms in total. The SMILES string of the molecule is COc1ccc2c(Oc3ccc(NC(=O)c4c(C)n(CC(C)CC(C)C(N)C(=O)O)n(-c5ccccc5)c4=O)cc3F)ccnc2c1. The smallest absolute Gasteiger partial charge is 0.320 e. The lowest BCUT2D eigenvalue weighted by atomic mass is 9.91. The van der Waals surface area contributed by atoms with Crippen molar-refractivity contribution < 1.29 is 28.6 Å². The predicted molar refractivity (Wildman–Crippen MR) is 176 cm³/mol. The molecular weight excluding hydrogens is 605 g/mol. The maximum Gasteiger partial charge on any atom is 0.320 e. The topological polar surface area (TPSA) is 151 Å². The number of hydrogen-bond acceptors (Lipinski definition) is 7. The molecule has 1 amide bonds. The Morgan fingerprint density at radius 1 is 1.04 bits per heavy atom. The van der Waals surface area contributed by atoms with Gasteiger partial charge in [-0.3, -0.25) is 24.0 Å². The molecule has 5 rings (SSSR count). The molecule has 0 radical (unpaired) electrons. The van der Waals surface area contributed by atoms with Gasteiger partial charge >= 0.3 is 5.97 Å². The molecule has 0 fully saturated rings. The highest BCUT2D eigenvalue weighted by Gasteiger charge is 2.27. The summed E-state index contributed by atoms with van der Waals surface area (Å²) in [5.41, 5.74) is 6.88. The fraction of sp³-hybridized carbons (Fsp3) is 0.257. The van der Waals surface area contributed by atoms with Gasteiger partial charge in [0.2, 0.25) is 0 Å². The molecule has 5 aromatic rings. The number of carbonyl (C=O) groups excluding carboxylic acids is 1. The summed E-state index contributed by atoms with van der Waals surface area (Å²) in [6.07, 6.45) is 2.03. The maximum absolute atomic E-state index is 15.3. The van der Waals surface area contributed by atoms with Crippen LogP contribution in [0.15, 0.2) is 83.8 Å². The van der Waals surface area contributed by atoms with Crippen molar-refractivity contribution in [2.24, 2.45) is 17.6 Å². The number of para-hydroxylation sites is 1. The van der Waals surface area contributed by atoms with Crippen LogP contribution in [-0.2, 0) is 11.3 Å². The fourth-order valence-electron chi connectivity index (χ4n) is 5.64. The van der Waals surface area contributed by atoms with Gasteiger partial charge in [-0.1, -0.05) is 32.0 Å². The first kappa shape index (κ1) is 32.9. The number of carboxylic acids is 1. The highest BCUT2D eigenvalue weighted by Crippen LogP contribution is 2.33. The Morgan fingerprint density at radius 2 is 1.79 bits per heavy atom. The Hall–Kier alpha value is -5.49. The predicted octanol–water partition coefficient (Wildman–Crippen LogP) is 5.76. The Bertz CT molecular complexity index is 1990. The zero-order valence-corrected chi connectivity index (χ0v) is 26.4. The molecule has 2 heterocycles. The van der Waals surface area contributed by atoms with E-state index < -0.39 is 29.3 Å². The molecule has 0 spiro atoms. The second-order valence-electron chi connectivity index (χ2n) is 11.6. The highest BCUT2D eigenvalue weighted by atomic mass is 19.1. The van der Waals surface area contributed by atoms with Crippen LogP contribution in [0.25, 0.3) is 16.6 Å². The molecule has 3 aromatic carbocycles. The first-order valence-electron chi connectivity index (χ1n) is 15.1. The van der Waals surface area contributed by atoms with Crippen molar-refractivity contribution in [1.82, 2.24) is 14.3 Å². The minimum Gasteiger partial charge on any atom is -0.497 e. The number of anilines is 1. The zero-order valence-electron chi connectivity index (χ0n) is 26.4. The molecule has 0 aliphatic carbocycles. The first-order chi connectivity index (χ1) is 22.5. The molecule has 0 aliphatic rings. The van der Waals surface area contributed by atoms with Gasteiger partial charge in [0.1, 0.15) is 23.1 Å². The molecular formula is C35H36FN5O6. The number of benzene rings is 3. The fourth-order valence-corrected chi connectivity index (χ4v) is 5.64. The van der Waals surface area contributed by atoms with E-state index in [1.54, 1.807) is 80.4 Å². The van der Waals surface area contributed by atoms with Crippen molar-refractivity contribution in [2.75, 3.05) is 12.4 Å². The minimum atomic E-state index is -1.08. The molecule has 0 saturated carbocycles. The summed E-state index contributed by atoms with van der Waals surface area (Å²) >= 11 is 0. The minimum absolute atomic E-state index is 0.0640. The monoisotopic (exact) mass is 641 g/mol. The Balaban J connectivity index is 1.40. The van der Waals surface area contributed by atoms with Gasteiger partial charge < -0.3 is 25.6 Å². The molecule has 244 valence electrons. The summed E-state index contributed by atoms with van der Waals surface area (Å²) in [4.78, 5) is 43.1. The Kier molecular flexibility index (Phi) is 9.71. The van der Waals surface area contributed by atoms with Crippen LogP contribution in [0.2, 0.25) is 0 Å². The van der Waals surface area contributed by atoms with E-state index >= 15 is 4.39 Å². The normalized spacial score (nSPS) is 13.1. The van der Waals surface area contributed by atoms with Gasteiger partial charge in [0.15, 0.2) is 11.6 Å². The molecule has 0 saturated heterocycles. The van der Waals surface area contributed by atoms with Crippen molar-refractivity contribution in [3.05, 3.63) is 106 Å². The van der Waals surface area contributed by atoms with E-state index in [2.05, 4.69) is 10.3 Å². The van der Waals surface area contributed by atoms with Crippen LogP contribution in [0.3, 0.4) is 0 Å². The number of nitrogens with zero attached hydrogens (tertiary/aromatic N) is 3. The average molecular weight is 642 g/mol. The summed E-state index contributed by atoms with van der Waals surface area (Å²) in [6, 6.07) is 18.8. The third kappa shape index (κ3) is 7.02. The van der Waals surface area contributed by atoms with Crippen molar-refractivity contribution >= 4 is 28.5 Å². The van der Waals surface area contributed by atoms with Gasteiger partial charge in [0.05, 0.1) is 24.0 Å². The molecule has 47 heavy (non-hydrogen) atoms. The van der Waals surface area contributed by atoms with E-state index in [1.165, 1.54) is 16.8 Å². The van der Waals surface area contributed by atoms with E-state index in [0.29, 0.717) is 46.7 Å². The summed E-state index contributed by atoms with van der Waals surface area (Å²) in [6.45, 7) is 5.69. The van der Waals surface area contributed by atoms with Crippen LogP contribution in [0.5, 0.6) is 17.2 Å². The number of amides is 1. The molecule has 3 unspecified atom stereocenters. The standard InChI is InChI=1S/C35H36FN5O6/c1-20(16-21(2)32(37)35(44)45)19-40-22(3)31(34(43)41(40)24-8-6-5-7-9-24)33(42)39-23-10-13-30(27(36)17-23)47-29-14-15-38-28-18-25(46-4)11-12-26(28)29/h5-15,17-18,20-21,32H,16,19,37H2,1-4H3,(H,39,42)(H,44,45). The second kappa shape index (κ2) is 13.9. The number of nitrogens with one attached hydrogen (secondary N) is 1. The Labute approximate surface area is 270 Å². The van der Waals surface area contributed by atoms with Crippen molar-refractivity contribution in [2.45, 2.75) is 39.8 Å². The van der Waals surface area contributed by atoms with Crippen LogP contribution in [0.4, 0.5) is 10.1 Å². The van der Waals surface area contributed by atoms with Gasteiger partial charge in [-0.25, -0.2) is 9.07 Å². The van der Waals surface area contributed by atoms with E-state index in [9.17, 15) is 19.5 Å². The van der Waals surface area contributed by atoms with Gasteiger partial charge in [-0.15, -0.1) is 0 Å². The van der Waals surface area contributed by atoms with E-state index in [-0.39, 0.29) is 28.8 Å². The van der Waals surface area contributed by atoms with Crippen molar-refractivity contribution in [1.29, 1.82) is 0 Å². The number of nitrogens with two attached hydrogens (primary N) is 1. The van der Waals surface area contributed by atoms with Crippen LogP contribution in [-0.4, -0.2) is 44.5 Å². The van der Waals surface area contributed by atoms with Gasteiger partial charge in [-0.05, 0) is 67.6 Å². The van der Waals surface area contributed by atoms with Crippen LogP contribution in [0.1, 0.15) is 36.3 Å². The number of rotatable bonds is 12. The molecule has 2 aromatic heterocycles. The summed E-state index contributed by atoms with van der Waals surface area (Å²) < 4.78 is 29.5. The molecule has 0 aliphatic heterocycles. The molecule has 0 bridgehead atoms. The summed E-state index contributed by atoms with van der Waals surface area (Å²) in [5.74, 6) is -1.96. The lowest BCUT2D eigenvalue weighted by molar-refractivity contribution is -0.139. The van der Waals surface area contributed by atoms with Crippen molar-refractivity contribution in [3.63, 3.8) is 0 Å². The van der Waals surface area contributed by atoms with Gasteiger partial charge in [-0.2, -0.15) is 0 Å². The molecule has 4 N–H and O–H groups in total. The summed E-state index contributed by atoms with van der Waals surface area (Å²) in [5, 5.41) is 12.6. The Morgan fingerprint density at radius 3 is 2.47 bits per heavy atom. The van der Waals surface area contributed by atoms with Crippen molar-refractivity contribution in [3.8, 4) is 22.9 Å². The zero-order chi connectivity index (χ0) is 33.8. The number of aromatic nitrogens is 3. The number of carboxylic acid groups (broad SMARTS) is 1. The number of halogens is 1. The number of pyridine rings is 1. The third-order valence-corrected chi connectivity index (χ3v) is 8.10. The quantitative estimate of drug-likeness (QED) is 0.156. The van der Waals surface area contributed by atoms with Crippen LogP contribution in [0, 0.1) is 24.6 Å². The van der Waals surface area contributed by atoms with Gasteiger partial charge in [0, 0.05) is 35.9 Å². The number of fused-ring (bicyclic) bond motifs is 1. The maximum atomic E-state index is 15.3. The summed E-state index contributed by atoms with van der Waals surface area (Å²) in [7, 11) is 1.55. The van der Waals surface area contributed by atoms with E-state index in [0.717, 1.165) is 6.07 Å². The number of methoxy groups -OCH3 is 1. The lowest BCUT2D eigenvalue weighted by Crippen LogP contribution is -2.37. The largest absolute Gasteiger partial charge is 0.497 e. The van der Waals surface area contributed by atoms with E-state index in [1.807, 2.05) is 13.0 Å². The number of aliphatic carboxylic acids is 1. The lowest BCUT2D eigenvalue weighted by Gasteiger charge is -2.22. The average Bonchev–Trinajstić information content (AvgIpc) is 3.29. The number of ether oxygens (including phenoxy) is 2. The number of carbonyl (C=O) groups is 2. The third-order valence-electron chi connectivity index (χ3n) is 8.10. The molecule has 3 atom stereocenters. The van der Waals surface area contributed by atoms with Crippen LogP contribution >= 0.6 is 0 Å².